The van der Waals surface area contributed by atoms with E-state index in [1.54, 1.807) is 4.90 Å². The average Bonchev–Trinajstić information content (AvgIpc) is 3.22. The van der Waals surface area contributed by atoms with Gasteiger partial charge in [0.15, 0.2) is 0 Å². The van der Waals surface area contributed by atoms with Crippen LogP contribution in [0.5, 0.6) is 0 Å². The van der Waals surface area contributed by atoms with Crippen LogP contribution in [-0.4, -0.2) is 32.9 Å². The van der Waals surface area contributed by atoms with Crippen LogP contribution in [0.4, 0.5) is 5.69 Å². The number of hydrogen-bond donors (Lipinski definition) is 2. The van der Waals surface area contributed by atoms with Crippen molar-refractivity contribution in [3.05, 3.63) is 58.9 Å². The van der Waals surface area contributed by atoms with E-state index in [9.17, 15) is 9.90 Å². The first-order chi connectivity index (χ1) is 15.1. The van der Waals surface area contributed by atoms with Crippen LogP contribution in [0.25, 0.3) is 11.0 Å². The van der Waals surface area contributed by atoms with Crippen molar-refractivity contribution in [2.45, 2.75) is 37.8 Å². The van der Waals surface area contributed by atoms with Crippen LogP contribution in [0.3, 0.4) is 0 Å². The molecule has 2 heterocycles. The van der Waals surface area contributed by atoms with E-state index in [2.05, 4.69) is 23.3 Å². The van der Waals surface area contributed by atoms with E-state index in [1.807, 2.05) is 42.5 Å². The fourth-order valence-electron chi connectivity index (χ4n) is 4.40. The molecule has 1 amide bonds. The molecule has 0 spiro atoms. The van der Waals surface area contributed by atoms with Crippen LogP contribution in [0.15, 0.2) is 42.5 Å². The zero-order valence-electron chi connectivity index (χ0n) is 17.0. The molecule has 3 aromatic rings. The summed E-state index contributed by atoms with van der Waals surface area (Å²) in [6, 6.07) is 15.4. The second kappa shape index (κ2) is 8.91. The Balaban J connectivity index is 1.77. The first-order valence-corrected chi connectivity index (χ1v) is 11.2. The van der Waals surface area contributed by atoms with Crippen LogP contribution in [-0.2, 0) is 23.3 Å². The van der Waals surface area contributed by atoms with E-state index in [0.29, 0.717) is 36.6 Å². The van der Waals surface area contributed by atoms with Gasteiger partial charge in [-0.05, 0) is 42.7 Å². The number of imidazole rings is 1. The third kappa shape index (κ3) is 3.69. The molecule has 0 radical (unpaired) electrons. The number of para-hydroxylation sites is 1. The summed E-state index contributed by atoms with van der Waals surface area (Å²) < 4.78 is 2.06. The molecule has 6 nitrogen and oxygen atoms in total. The van der Waals surface area contributed by atoms with Crippen LogP contribution in [0.1, 0.15) is 30.7 Å². The van der Waals surface area contributed by atoms with E-state index in [0.717, 1.165) is 28.1 Å². The molecule has 0 fully saturated rings. The Bertz CT molecular complexity index is 1170. The molecule has 0 saturated heterocycles. The maximum atomic E-state index is 13.6. The smallest absolute Gasteiger partial charge is 0.239 e. The van der Waals surface area contributed by atoms with Crippen molar-refractivity contribution in [1.82, 2.24) is 9.55 Å². The fraction of sp³-hybridized carbons (Fsp3) is 0.348. The topological polar surface area (TPSA) is 82.2 Å². The second-order valence-corrected chi connectivity index (χ2v) is 8.45. The largest absolute Gasteiger partial charge is 0.396 e. The number of aliphatic hydroxyl groups is 1. The first-order valence-electron chi connectivity index (χ1n) is 10.2. The molecule has 0 saturated carbocycles. The van der Waals surface area contributed by atoms with Gasteiger partial charge in [0.2, 0.25) is 5.91 Å². The number of aromatic nitrogens is 2. The number of unbranched alkanes of at least 4 members (excludes halogenated alkanes) is 1. The third-order valence-electron chi connectivity index (χ3n) is 5.93. The molecule has 1 atom stereocenters. The Kier molecular flexibility index (Phi) is 6.24. The predicted octanol–water partition coefficient (Wildman–Crippen LogP) is 4.09. The van der Waals surface area contributed by atoms with Crippen molar-refractivity contribution in [2.75, 3.05) is 17.3 Å². The Morgan fingerprint density at radius 3 is 2.81 bits per heavy atom. The van der Waals surface area contributed by atoms with Gasteiger partial charge in [0.05, 0.1) is 29.1 Å². The van der Waals surface area contributed by atoms with Crippen molar-refractivity contribution in [1.29, 1.82) is 5.26 Å². The first kappa shape index (κ1) is 21.7. The molecule has 0 bridgehead atoms. The summed E-state index contributed by atoms with van der Waals surface area (Å²) in [6.07, 6.45) is 1.45. The molecular weight excluding hydrogens is 432 g/mol. The number of benzene rings is 2. The highest BCUT2D eigenvalue weighted by Crippen LogP contribution is 2.45. The predicted molar refractivity (Wildman–Crippen MR) is 124 cm³/mol. The lowest BCUT2D eigenvalue weighted by molar-refractivity contribution is -0.123. The summed E-state index contributed by atoms with van der Waals surface area (Å²) in [7, 11) is 0. The molecule has 8 heteroatoms. The number of nitrogens with zero attached hydrogens (tertiary/aromatic N) is 4. The number of carbonyl (C=O) groups excluding carboxylic acids is 1. The van der Waals surface area contributed by atoms with Crippen LogP contribution in [0, 0.1) is 11.3 Å². The lowest BCUT2D eigenvalue weighted by Gasteiger charge is -2.26. The monoisotopic (exact) mass is 454 g/mol. The van der Waals surface area contributed by atoms with Gasteiger partial charge in [-0.3, -0.25) is 4.79 Å². The number of amides is 1. The van der Waals surface area contributed by atoms with Crippen molar-refractivity contribution >= 4 is 46.9 Å². The summed E-state index contributed by atoms with van der Waals surface area (Å²) in [5.41, 5.74) is 2.54. The number of nitriles is 1. The molecule has 160 valence electrons. The molecule has 2 aromatic carbocycles. The summed E-state index contributed by atoms with van der Waals surface area (Å²) in [6.45, 7) is 0.814. The molecule has 0 aliphatic carbocycles. The zero-order valence-corrected chi connectivity index (χ0v) is 18.6. The van der Waals surface area contributed by atoms with Crippen molar-refractivity contribution in [3.8, 4) is 6.07 Å². The van der Waals surface area contributed by atoms with E-state index in [1.165, 1.54) is 0 Å². The quantitative estimate of drug-likeness (QED) is 0.396. The fourth-order valence-corrected chi connectivity index (χ4v) is 5.03. The minimum Gasteiger partial charge on any atom is -0.396 e. The van der Waals surface area contributed by atoms with Crippen LogP contribution >= 0.6 is 24.2 Å². The molecule has 1 unspecified atom stereocenters. The van der Waals surface area contributed by atoms with Gasteiger partial charge in [-0.2, -0.15) is 17.9 Å². The summed E-state index contributed by atoms with van der Waals surface area (Å²) in [5.74, 6) is 0.970. The number of hydrogen-bond acceptors (Lipinski definition) is 5. The van der Waals surface area contributed by atoms with E-state index >= 15 is 0 Å². The van der Waals surface area contributed by atoms with Crippen molar-refractivity contribution in [2.24, 2.45) is 0 Å². The maximum absolute atomic E-state index is 13.6. The van der Waals surface area contributed by atoms with Gasteiger partial charge in [0.25, 0.3) is 0 Å². The SMILES string of the molecule is N#CCCCn1c(CN2C(=O)C(CS)(CCO)c3ccccc32)nc2cc(Cl)ccc21. The third-order valence-corrected chi connectivity index (χ3v) is 6.71. The van der Waals surface area contributed by atoms with Gasteiger partial charge in [-0.1, -0.05) is 29.8 Å². The highest BCUT2D eigenvalue weighted by atomic mass is 35.5. The molecule has 1 N–H and O–H groups in total. The molecule has 1 aliphatic rings. The molecule has 1 aromatic heterocycles. The summed E-state index contributed by atoms with van der Waals surface area (Å²) in [5, 5.41) is 19.2. The van der Waals surface area contributed by atoms with E-state index in [-0.39, 0.29) is 19.1 Å². The van der Waals surface area contributed by atoms with Crippen LogP contribution in [0.2, 0.25) is 5.02 Å². The number of thiol groups is 1. The molecular formula is C23H23ClN4O2S. The minimum absolute atomic E-state index is 0.0774. The van der Waals surface area contributed by atoms with Gasteiger partial charge >= 0.3 is 0 Å². The summed E-state index contributed by atoms with van der Waals surface area (Å²) >= 11 is 10.7. The number of aryl methyl sites for hydroxylation is 1. The van der Waals surface area contributed by atoms with Gasteiger partial charge in [0.1, 0.15) is 5.82 Å². The second-order valence-electron chi connectivity index (χ2n) is 7.70. The Hall–Kier alpha value is -2.53. The maximum Gasteiger partial charge on any atom is 0.239 e. The lowest BCUT2D eigenvalue weighted by Crippen LogP contribution is -2.42. The highest BCUT2D eigenvalue weighted by Gasteiger charge is 2.49. The van der Waals surface area contributed by atoms with Crippen LogP contribution < -0.4 is 4.90 Å². The number of carbonyl (C=O) groups is 1. The number of halogens is 1. The van der Waals surface area contributed by atoms with Gasteiger partial charge < -0.3 is 14.6 Å². The lowest BCUT2D eigenvalue weighted by atomic mass is 9.80. The van der Waals surface area contributed by atoms with Gasteiger partial charge in [-0.25, -0.2) is 4.98 Å². The molecule has 31 heavy (non-hydrogen) atoms. The molecule has 4 rings (SSSR count). The van der Waals surface area contributed by atoms with E-state index < -0.39 is 5.41 Å². The van der Waals surface area contributed by atoms with Gasteiger partial charge in [-0.15, -0.1) is 0 Å². The zero-order chi connectivity index (χ0) is 22.0. The Morgan fingerprint density at radius 2 is 2.06 bits per heavy atom. The van der Waals surface area contributed by atoms with Gasteiger partial charge in [0, 0.05) is 36.0 Å². The number of fused-ring (bicyclic) bond motifs is 2. The summed E-state index contributed by atoms with van der Waals surface area (Å²) in [4.78, 5) is 20.1. The number of rotatable bonds is 8. The Morgan fingerprint density at radius 1 is 1.26 bits per heavy atom. The minimum atomic E-state index is -0.852. The Labute approximate surface area is 191 Å². The normalized spacial score (nSPS) is 17.9. The van der Waals surface area contributed by atoms with Crippen molar-refractivity contribution in [3.63, 3.8) is 0 Å². The highest BCUT2D eigenvalue weighted by molar-refractivity contribution is 7.80. The number of aliphatic hydroxyl groups excluding tert-OH is 1. The average molecular weight is 455 g/mol. The molecule has 1 aliphatic heterocycles. The standard InChI is InChI=1S/C23H23ClN4O2S/c24-16-7-8-20-18(13-16)26-21(27(20)11-4-3-10-25)14-28-19-6-2-1-5-17(19)23(15-31,9-12-29)22(28)30/h1-2,5-8,13,29,31H,3-4,9,11-12,14-15H2. The van der Waals surface area contributed by atoms with Crippen molar-refractivity contribution < 1.29 is 9.90 Å². The number of anilines is 1. The van der Waals surface area contributed by atoms with E-state index in [4.69, 9.17) is 21.8 Å².